The van der Waals surface area contributed by atoms with Crippen LogP contribution in [-0.4, -0.2) is 35.0 Å². The molecule has 0 fully saturated rings. The van der Waals surface area contributed by atoms with E-state index in [1.54, 1.807) is 12.1 Å². The van der Waals surface area contributed by atoms with Crippen molar-refractivity contribution in [3.63, 3.8) is 0 Å². The van der Waals surface area contributed by atoms with E-state index in [0.29, 0.717) is 24.1 Å². The number of aromatic amines is 1. The summed E-state index contributed by atoms with van der Waals surface area (Å²) < 4.78 is 39.1. The molecule has 0 saturated heterocycles. The van der Waals surface area contributed by atoms with Crippen LogP contribution in [-0.2, 0) is 29.4 Å². The zero-order valence-electron chi connectivity index (χ0n) is 12.3. The van der Waals surface area contributed by atoms with Crippen molar-refractivity contribution in [1.82, 2.24) is 14.3 Å². The molecule has 0 aliphatic carbocycles. The number of sulfonamides is 1. The Labute approximate surface area is 133 Å². The molecule has 0 saturated carbocycles. The Morgan fingerprint density at radius 2 is 2.00 bits per heavy atom. The molecule has 1 aliphatic rings. The molecule has 0 radical (unpaired) electrons. The SMILES string of the molecule is O=c1[nH]cnc2c1CCN(S(=O)(=O)CCc1ccc(F)cc1)C2. The monoisotopic (exact) mass is 337 g/mol. The molecule has 1 aliphatic heterocycles. The van der Waals surface area contributed by atoms with E-state index in [1.807, 2.05) is 0 Å². The van der Waals surface area contributed by atoms with Gasteiger partial charge in [-0.15, -0.1) is 0 Å². The van der Waals surface area contributed by atoms with Crippen molar-refractivity contribution in [2.75, 3.05) is 12.3 Å². The second kappa shape index (κ2) is 6.21. The predicted octanol–water partition coefficient (Wildman–Crippen LogP) is 0.840. The van der Waals surface area contributed by atoms with Crippen LogP contribution < -0.4 is 5.56 Å². The summed E-state index contributed by atoms with van der Waals surface area (Å²) in [5, 5.41) is 0. The molecular formula is C15H16FN3O3S. The van der Waals surface area contributed by atoms with Crippen molar-refractivity contribution in [2.45, 2.75) is 19.4 Å². The molecule has 8 heteroatoms. The number of nitrogens with one attached hydrogen (secondary N) is 1. The summed E-state index contributed by atoms with van der Waals surface area (Å²) >= 11 is 0. The van der Waals surface area contributed by atoms with Gasteiger partial charge in [-0.05, 0) is 30.5 Å². The molecular weight excluding hydrogens is 321 g/mol. The van der Waals surface area contributed by atoms with Gasteiger partial charge in [-0.25, -0.2) is 17.8 Å². The molecule has 23 heavy (non-hydrogen) atoms. The van der Waals surface area contributed by atoms with E-state index < -0.39 is 10.0 Å². The molecule has 3 rings (SSSR count). The van der Waals surface area contributed by atoms with Crippen LogP contribution in [0.5, 0.6) is 0 Å². The third-order valence-electron chi connectivity index (χ3n) is 3.93. The third-order valence-corrected chi connectivity index (χ3v) is 5.75. The molecule has 2 aromatic rings. The van der Waals surface area contributed by atoms with Crippen molar-refractivity contribution in [2.24, 2.45) is 0 Å². The Bertz CT molecular complexity index is 862. The quantitative estimate of drug-likeness (QED) is 0.896. The Morgan fingerprint density at radius 3 is 2.74 bits per heavy atom. The first-order valence-electron chi connectivity index (χ1n) is 7.23. The van der Waals surface area contributed by atoms with Crippen molar-refractivity contribution in [3.8, 4) is 0 Å². The van der Waals surface area contributed by atoms with Crippen LogP contribution in [0.15, 0.2) is 35.4 Å². The van der Waals surface area contributed by atoms with Crippen LogP contribution in [0.25, 0.3) is 0 Å². The normalized spacial score (nSPS) is 15.3. The van der Waals surface area contributed by atoms with Gasteiger partial charge in [-0.3, -0.25) is 4.79 Å². The van der Waals surface area contributed by atoms with E-state index in [4.69, 9.17) is 0 Å². The van der Waals surface area contributed by atoms with Gasteiger partial charge in [0.2, 0.25) is 10.0 Å². The predicted molar refractivity (Wildman–Crippen MR) is 82.9 cm³/mol. The smallest absolute Gasteiger partial charge is 0.254 e. The van der Waals surface area contributed by atoms with Gasteiger partial charge < -0.3 is 4.98 Å². The Morgan fingerprint density at radius 1 is 1.26 bits per heavy atom. The van der Waals surface area contributed by atoms with Crippen molar-refractivity contribution >= 4 is 10.0 Å². The maximum Gasteiger partial charge on any atom is 0.254 e. The van der Waals surface area contributed by atoms with E-state index in [-0.39, 0.29) is 30.2 Å². The highest BCUT2D eigenvalue weighted by Gasteiger charge is 2.28. The Hall–Kier alpha value is -2.06. The molecule has 0 amide bonds. The zero-order valence-corrected chi connectivity index (χ0v) is 13.1. The maximum atomic E-state index is 12.9. The minimum absolute atomic E-state index is 0.0584. The number of halogens is 1. The summed E-state index contributed by atoms with van der Waals surface area (Å²) in [6.45, 7) is 0.387. The standard InChI is InChI=1S/C15H16FN3O3S/c16-12-3-1-11(2-4-12)6-8-23(21,22)19-7-5-13-14(9-19)17-10-18-15(13)20/h1-4,10H,5-9H2,(H,17,18,20). The van der Waals surface area contributed by atoms with Crippen LogP contribution in [0.3, 0.4) is 0 Å². The Balaban J connectivity index is 1.71. The summed E-state index contributed by atoms with van der Waals surface area (Å²) in [7, 11) is -3.46. The average molecular weight is 337 g/mol. The van der Waals surface area contributed by atoms with Crippen molar-refractivity contribution in [3.05, 3.63) is 63.6 Å². The van der Waals surface area contributed by atoms with Gasteiger partial charge in [0.1, 0.15) is 5.82 Å². The molecule has 6 nitrogen and oxygen atoms in total. The van der Waals surface area contributed by atoms with E-state index in [2.05, 4.69) is 9.97 Å². The van der Waals surface area contributed by atoms with Crippen LogP contribution in [0.4, 0.5) is 4.39 Å². The number of hydrogen-bond donors (Lipinski definition) is 1. The summed E-state index contributed by atoms with van der Waals surface area (Å²) in [5.41, 5.74) is 1.61. The highest BCUT2D eigenvalue weighted by Crippen LogP contribution is 2.17. The van der Waals surface area contributed by atoms with E-state index >= 15 is 0 Å². The van der Waals surface area contributed by atoms with Gasteiger partial charge in [-0.1, -0.05) is 12.1 Å². The van der Waals surface area contributed by atoms with E-state index in [0.717, 1.165) is 5.56 Å². The minimum Gasteiger partial charge on any atom is -0.313 e. The van der Waals surface area contributed by atoms with Gasteiger partial charge in [-0.2, -0.15) is 4.31 Å². The lowest BCUT2D eigenvalue weighted by atomic mass is 10.1. The number of rotatable bonds is 4. The van der Waals surface area contributed by atoms with Gasteiger partial charge in [0, 0.05) is 12.1 Å². The fourth-order valence-electron chi connectivity index (χ4n) is 2.61. The molecule has 122 valence electrons. The fourth-order valence-corrected chi connectivity index (χ4v) is 4.05. The summed E-state index contributed by atoms with van der Waals surface area (Å²) in [6.07, 6.45) is 1.96. The van der Waals surface area contributed by atoms with Crippen molar-refractivity contribution < 1.29 is 12.8 Å². The van der Waals surface area contributed by atoms with Crippen LogP contribution in [0.1, 0.15) is 16.8 Å². The lowest BCUT2D eigenvalue weighted by Crippen LogP contribution is -2.40. The molecule has 0 unspecified atom stereocenters. The molecule has 1 aromatic heterocycles. The number of aromatic nitrogens is 2. The molecule has 0 spiro atoms. The third kappa shape index (κ3) is 3.48. The largest absolute Gasteiger partial charge is 0.313 e. The van der Waals surface area contributed by atoms with E-state index in [9.17, 15) is 17.6 Å². The van der Waals surface area contributed by atoms with Gasteiger partial charge >= 0.3 is 0 Å². The summed E-state index contributed by atoms with van der Waals surface area (Å²) in [6, 6.07) is 5.79. The van der Waals surface area contributed by atoms with Gasteiger partial charge in [0.05, 0.1) is 24.3 Å². The minimum atomic E-state index is -3.46. The highest BCUT2D eigenvalue weighted by atomic mass is 32.2. The second-order valence-electron chi connectivity index (χ2n) is 5.43. The maximum absolute atomic E-state index is 12.9. The van der Waals surface area contributed by atoms with Crippen LogP contribution in [0.2, 0.25) is 0 Å². The average Bonchev–Trinajstić information content (AvgIpc) is 2.54. The van der Waals surface area contributed by atoms with Crippen LogP contribution >= 0.6 is 0 Å². The summed E-state index contributed by atoms with van der Waals surface area (Å²) in [4.78, 5) is 18.2. The van der Waals surface area contributed by atoms with E-state index in [1.165, 1.54) is 22.8 Å². The molecule has 0 bridgehead atoms. The molecule has 0 atom stereocenters. The molecule has 2 heterocycles. The first kappa shape index (κ1) is 15.8. The van der Waals surface area contributed by atoms with Crippen molar-refractivity contribution in [1.29, 1.82) is 0 Å². The number of nitrogens with zero attached hydrogens (tertiary/aromatic N) is 2. The zero-order chi connectivity index (χ0) is 16.4. The van der Waals surface area contributed by atoms with Gasteiger partial charge in [0.25, 0.3) is 5.56 Å². The van der Waals surface area contributed by atoms with Crippen LogP contribution in [0, 0.1) is 5.82 Å². The second-order valence-corrected chi connectivity index (χ2v) is 7.52. The number of aryl methyl sites for hydroxylation is 1. The first-order chi connectivity index (χ1) is 11.0. The summed E-state index contributed by atoms with van der Waals surface area (Å²) in [5.74, 6) is -0.405. The van der Waals surface area contributed by atoms with Gasteiger partial charge in [0.15, 0.2) is 0 Å². The Kier molecular flexibility index (Phi) is 4.27. The first-order valence-corrected chi connectivity index (χ1v) is 8.84. The number of benzene rings is 1. The lowest BCUT2D eigenvalue weighted by Gasteiger charge is -2.26. The fraction of sp³-hybridized carbons (Fsp3) is 0.333. The highest BCUT2D eigenvalue weighted by molar-refractivity contribution is 7.89. The number of fused-ring (bicyclic) bond motifs is 1. The number of H-pyrrole nitrogens is 1. The number of hydrogen-bond acceptors (Lipinski definition) is 4. The topological polar surface area (TPSA) is 83.1 Å². The molecule has 1 N–H and O–H groups in total. The molecule has 1 aromatic carbocycles. The lowest BCUT2D eigenvalue weighted by molar-refractivity contribution is 0.383.